The molecule has 1 N–H and O–H groups in total. The first-order chi connectivity index (χ1) is 14.6. The van der Waals surface area contributed by atoms with Gasteiger partial charge in [-0.1, -0.05) is 6.07 Å². The lowest BCUT2D eigenvalue weighted by Gasteiger charge is -2.20. The number of hydrogen-bond acceptors (Lipinski definition) is 6. The summed E-state index contributed by atoms with van der Waals surface area (Å²) >= 11 is 0. The van der Waals surface area contributed by atoms with Crippen molar-refractivity contribution in [3.8, 4) is 17.6 Å². The maximum Gasteiger partial charge on any atom is 0.271 e. The quantitative estimate of drug-likeness (QED) is 0.504. The van der Waals surface area contributed by atoms with Gasteiger partial charge in [0.05, 0.1) is 11.2 Å². The van der Waals surface area contributed by atoms with Gasteiger partial charge in [-0.15, -0.1) is 0 Å². The lowest BCUT2D eigenvalue weighted by molar-refractivity contribution is 0.0826. The second-order valence-electron chi connectivity index (χ2n) is 6.50. The monoisotopic (exact) mass is 395 g/mol. The van der Waals surface area contributed by atoms with Crippen molar-refractivity contribution >= 4 is 22.5 Å². The number of nitriles is 1. The molecule has 4 aromatic rings. The summed E-state index contributed by atoms with van der Waals surface area (Å²) in [5.41, 5.74) is 5.48. The molecule has 7 heteroatoms. The van der Waals surface area contributed by atoms with Gasteiger partial charge in [-0.3, -0.25) is 20.2 Å². The zero-order chi connectivity index (χ0) is 20.9. The van der Waals surface area contributed by atoms with E-state index in [9.17, 15) is 4.79 Å². The molecule has 2 heterocycles. The number of carbonyl (C=O) groups excluding carboxylic acids is 1. The number of rotatable bonds is 5. The van der Waals surface area contributed by atoms with Crippen LogP contribution in [0.1, 0.15) is 16.1 Å². The standard InChI is InChI=1S/C23H17N5O2/c1-28(23(29)17-4-9-22-16(13-17)3-2-11-26-22)27-18-5-7-20(8-6-18)30-21-10-12-25-19(14-21)15-24/h2-14,27H,1H3. The van der Waals surface area contributed by atoms with Crippen LogP contribution >= 0.6 is 0 Å². The molecule has 0 atom stereocenters. The fourth-order valence-electron chi connectivity index (χ4n) is 2.92. The topological polar surface area (TPSA) is 91.1 Å². The average molecular weight is 395 g/mol. The Morgan fingerprint density at radius 2 is 1.83 bits per heavy atom. The molecule has 0 aliphatic heterocycles. The van der Waals surface area contributed by atoms with E-state index in [-0.39, 0.29) is 11.6 Å². The van der Waals surface area contributed by atoms with Crippen LogP contribution in [0.4, 0.5) is 5.69 Å². The van der Waals surface area contributed by atoms with Crippen molar-refractivity contribution in [2.45, 2.75) is 0 Å². The van der Waals surface area contributed by atoms with Gasteiger partial charge in [-0.2, -0.15) is 5.26 Å². The molecule has 2 aromatic carbocycles. The van der Waals surface area contributed by atoms with Crippen molar-refractivity contribution in [3.05, 3.63) is 90.4 Å². The highest BCUT2D eigenvalue weighted by atomic mass is 16.5. The van der Waals surface area contributed by atoms with Gasteiger partial charge in [0.1, 0.15) is 23.3 Å². The highest BCUT2D eigenvalue weighted by molar-refractivity contribution is 5.98. The molecule has 7 nitrogen and oxygen atoms in total. The lowest BCUT2D eigenvalue weighted by Crippen LogP contribution is -2.32. The van der Waals surface area contributed by atoms with Crippen LogP contribution in [0, 0.1) is 11.3 Å². The van der Waals surface area contributed by atoms with Crippen molar-refractivity contribution in [1.29, 1.82) is 5.26 Å². The molecule has 0 unspecified atom stereocenters. The summed E-state index contributed by atoms with van der Waals surface area (Å²) in [6.07, 6.45) is 3.25. The molecule has 146 valence electrons. The van der Waals surface area contributed by atoms with E-state index in [0.29, 0.717) is 17.1 Å². The largest absolute Gasteiger partial charge is 0.457 e. The summed E-state index contributed by atoms with van der Waals surface area (Å²) < 4.78 is 5.73. The third kappa shape index (κ3) is 4.18. The smallest absolute Gasteiger partial charge is 0.271 e. The van der Waals surface area contributed by atoms with Crippen LogP contribution in [-0.2, 0) is 0 Å². The predicted octanol–water partition coefficient (Wildman–Crippen LogP) is 4.39. The second kappa shape index (κ2) is 8.29. The molecule has 0 radical (unpaired) electrons. The SMILES string of the molecule is CN(Nc1ccc(Oc2ccnc(C#N)c2)cc1)C(=O)c1ccc2ncccc2c1. The summed E-state index contributed by atoms with van der Waals surface area (Å²) in [5.74, 6) is 0.967. The number of pyridine rings is 2. The average Bonchev–Trinajstić information content (AvgIpc) is 2.79. The van der Waals surface area contributed by atoms with Crippen molar-refractivity contribution in [2.75, 3.05) is 12.5 Å². The first-order valence-electron chi connectivity index (χ1n) is 9.16. The number of hydrogen-bond donors (Lipinski definition) is 1. The van der Waals surface area contributed by atoms with E-state index in [1.807, 2.05) is 30.3 Å². The number of anilines is 1. The first kappa shape index (κ1) is 18.9. The Labute approximate surface area is 173 Å². The normalized spacial score (nSPS) is 10.3. The highest BCUT2D eigenvalue weighted by Crippen LogP contribution is 2.23. The number of hydrazine groups is 1. The van der Waals surface area contributed by atoms with E-state index in [1.165, 1.54) is 11.2 Å². The molecule has 1 amide bonds. The maximum atomic E-state index is 12.7. The van der Waals surface area contributed by atoms with E-state index < -0.39 is 0 Å². The van der Waals surface area contributed by atoms with E-state index in [2.05, 4.69) is 15.4 Å². The van der Waals surface area contributed by atoms with Crippen LogP contribution in [0.25, 0.3) is 10.9 Å². The van der Waals surface area contributed by atoms with E-state index in [1.54, 1.807) is 55.7 Å². The number of amides is 1. The Balaban J connectivity index is 1.43. The number of nitrogens with one attached hydrogen (secondary N) is 1. The molecule has 0 spiro atoms. The third-order valence-corrected chi connectivity index (χ3v) is 4.39. The van der Waals surface area contributed by atoms with Gasteiger partial charge in [0.15, 0.2) is 0 Å². The van der Waals surface area contributed by atoms with E-state index in [4.69, 9.17) is 10.00 Å². The van der Waals surface area contributed by atoms with Gasteiger partial charge < -0.3 is 4.74 Å². The summed E-state index contributed by atoms with van der Waals surface area (Å²) in [7, 11) is 1.67. The molecule has 0 aliphatic rings. The Morgan fingerprint density at radius 3 is 2.63 bits per heavy atom. The number of aromatic nitrogens is 2. The second-order valence-corrected chi connectivity index (χ2v) is 6.50. The van der Waals surface area contributed by atoms with Crippen molar-refractivity contribution in [3.63, 3.8) is 0 Å². The zero-order valence-corrected chi connectivity index (χ0v) is 16.1. The molecule has 0 saturated heterocycles. The number of benzene rings is 2. The minimum atomic E-state index is -0.165. The Morgan fingerprint density at radius 1 is 1.00 bits per heavy atom. The van der Waals surface area contributed by atoms with Crippen molar-refractivity contribution < 1.29 is 9.53 Å². The summed E-state index contributed by atoms with van der Waals surface area (Å²) in [6, 6.07) is 21.6. The molecule has 0 fully saturated rings. The minimum absolute atomic E-state index is 0.165. The van der Waals surface area contributed by atoms with Crippen LogP contribution in [0.3, 0.4) is 0 Å². The molecule has 4 rings (SSSR count). The van der Waals surface area contributed by atoms with Crippen LogP contribution in [0.15, 0.2) is 79.1 Å². The third-order valence-electron chi connectivity index (χ3n) is 4.39. The van der Waals surface area contributed by atoms with Crippen LogP contribution < -0.4 is 10.2 Å². The fraction of sp³-hybridized carbons (Fsp3) is 0.0435. The van der Waals surface area contributed by atoms with E-state index in [0.717, 1.165) is 16.6 Å². The fourth-order valence-corrected chi connectivity index (χ4v) is 2.92. The molecule has 2 aromatic heterocycles. The highest BCUT2D eigenvalue weighted by Gasteiger charge is 2.12. The molecule has 0 aliphatic carbocycles. The maximum absolute atomic E-state index is 12.7. The summed E-state index contributed by atoms with van der Waals surface area (Å²) in [4.78, 5) is 20.9. The lowest BCUT2D eigenvalue weighted by atomic mass is 10.1. The molecule has 0 bridgehead atoms. The number of ether oxygens (including phenoxy) is 1. The Hall–Kier alpha value is -4.44. The molecule has 0 saturated carbocycles. The summed E-state index contributed by atoms with van der Waals surface area (Å²) in [6.45, 7) is 0. The minimum Gasteiger partial charge on any atom is -0.457 e. The molecule has 30 heavy (non-hydrogen) atoms. The van der Waals surface area contributed by atoms with Crippen molar-refractivity contribution in [2.24, 2.45) is 0 Å². The Kier molecular flexibility index (Phi) is 5.22. The number of carbonyl (C=O) groups is 1. The molecular formula is C23H17N5O2. The summed E-state index contributed by atoms with van der Waals surface area (Å²) in [5, 5.41) is 11.3. The Bertz CT molecular complexity index is 1250. The van der Waals surface area contributed by atoms with Gasteiger partial charge in [0, 0.05) is 36.5 Å². The van der Waals surface area contributed by atoms with Crippen LogP contribution in [-0.4, -0.2) is 27.9 Å². The van der Waals surface area contributed by atoms with Gasteiger partial charge in [-0.25, -0.2) is 4.98 Å². The predicted molar refractivity (Wildman–Crippen MR) is 113 cm³/mol. The van der Waals surface area contributed by atoms with Gasteiger partial charge in [-0.05, 0) is 54.6 Å². The van der Waals surface area contributed by atoms with E-state index >= 15 is 0 Å². The van der Waals surface area contributed by atoms with Gasteiger partial charge in [0.2, 0.25) is 0 Å². The van der Waals surface area contributed by atoms with Crippen LogP contribution in [0.2, 0.25) is 0 Å². The zero-order valence-electron chi connectivity index (χ0n) is 16.1. The number of nitrogens with zero attached hydrogens (tertiary/aromatic N) is 4. The molecular weight excluding hydrogens is 378 g/mol. The van der Waals surface area contributed by atoms with Gasteiger partial charge in [0.25, 0.3) is 5.91 Å². The first-order valence-corrected chi connectivity index (χ1v) is 9.16. The van der Waals surface area contributed by atoms with Crippen LogP contribution in [0.5, 0.6) is 11.5 Å². The van der Waals surface area contributed by atoms with Gasteiger partial charge >= 0.3 is 0 Å². The number of fused-ring (bicyclic) bond motifs is 1. The van der Waals surface area contributed by atoms with Crippen molar-refractivity contribution in [1.82, 2.24) is 15.0 Å².